The van der Waals surface area contributed by atoms with Crippen molar-refractivity contribution in [2.45, 2.75) is 51.0 Å². The Balaban J connectivity index is 1.53. The van der Waals surface area contributed by atoms with Crippen LogP contribution < -0.4 is 10.6 Å². The number of rotatable bonds is 8. The predicted molar refractivity (Wildman–Crippen MR) is 114 cm³/mol. The van der Waals surface area contributed by atoms with Crippen molar-refractivity contribution in [3.05, 3.63) is 35.9 Å². The largest absolute Gasteiger partial charge is 0.481 e. The van der Waals surface area contributed by atoms with E-state index in [1.54, 1.807) is 0 Å². The van der Waals surface area contributed by atoms with Gasteiger partial charge in [0.15, 0.2) is 0 Å². The molecule has 1 aromatic rings. The van der Waals surface area contributed by atoms with Gasteiger partial charge in [0, 0.05) is 19.5 Å². The number of carboxylic acids is 1. The van der Waals surface area contributed by atoms with Crippen molar-refractivity contribution in [2.75, 3.05) is 26.2 Å². The van der Waals surface area contributed by atoms with Crippen LogP contribution in [0.15, 0.2) is 30.3 Å². The number of nitrogens with zero attached hydrogens (tertiary/aromatic N) is 1. The normalized spacial score (nSPS) is 21.1. The highest BCUT2D eigenvalue weighted by molar-refractivity contribution is 5.82. The topological polar surface area (TPSA) is 98.7 Å². The fourth-order valence-electron chi connectivity index (χ4n) is 4.48. The van der Waals surface area contributed by atoms with E-state index in [1.807, 2.05) is 35.2 Å². The summed E-state index contributed by atoms with van der Waals surface area (Å²) in [7, 11) is 0. The molecule has 0 aromatic heterocycles. The van der Waals surface area contributed by atoms with Gasteiger partial charge in [-0.3, -0.25) is 14.4 Å². The monoisotopic (exact) mass is 415 g/mol. The van der Waals surface area contributed by atoms with Gasteiger partial charge in [-0.1, -0.05) is 30.3 Å². The Morgan fingerprint density at radius 2 is 1.87 bits per heavy atom. The average molecular weight is 416 g/mol. The lowest BCUT2D eigenvalue weighted by Gasteiger charge is -2.33. The third kappa shape index (κ3) is 6.55. The first-order chi connectivity index (χ1) is 14.5. The van der Waals surface area contributed by atoms with Crippen LogP contribution >= 0.6 is 0 Å². The smallest absolute Gasteiger partial charge is 0.305 e. The molecule has 1 unspecified atom stereocenters. The van der Waals surface area contributed by atoms with Gasteiger partial charge in [0.05, 0.1) is 18.4 Å². The third-order valence-electron chi connectivity index (χ3n) is 6.27. The number of hydrogen-bond donors (Lipinski definition) is 3. The molecule has 0 saturated carbocycles. The number of carbonyl (C=O) groups is 3. The molecule has 2 amide bonds. The van der Waals surface area contributed by atoms with Crippen LogP contribution in [0.5, 0.6) is 0 Å². The molecule has 0 aliphatic carbocycles. The molecule has 2 aliphatic heterocycles. The molecule has 2 atom stereocenters. The summed E-state index contributed by atoms with van der Waals surface area (Å²) >= 11 is 0. The molecule has 1 aromatic carbocycles. The van der Waals surface area contributed by atoms with Crippen molar-refractivity contribution in [2.24, 2.45) is 11.8 Å². The van der Waals surface area contributed by atoms with Crippen molar-refractivity contribution in [3.63, 3.8) is 0 Å². The number of aliphatic carboxylic acids is 1. The fraction of sp³-hybridized carbons (Fsp3) is 0.609. The number of carboxylic acid groups (broad SMARTS) is 1. The highest BCUT2D eigenvalue weighted by Gasteiger charge is 2.30. The number of likely N-dealkylation sites (tertiary alicyclic amines) is 1. The van der Waals surface area contributed by atoms with E-state index in [1.165, 1.54) is 0 Å². The number of carbonyl (C=O) groups excluding carboxylic acids is 2. The van der Waals surface area contributed by atoms with Gasteiger partial charge in [-0.05, 0) is 56.7 Å². The maximum atomic E-state index is 12.9. The Bertz CT molecular complexity index is 718. The molecular weight excluding hydrogens is 382 g/mol. The molecule has 7 heteroatoms. The van der Waals surface area contributed by atoms with E-state index in [9.17, 15) is 19.5 Å². The molecule has 0 spiro atoms. The van der Waals surface area contributed by atoms with Gasteiger partial charge in [-0.15, -0.1) is 0 Å². The van der Waals surface area contributed by atoms with E-state index in [-0.39, 0.29) is 24.2 Å². The second kappa shape index (κ2) is 11.1. The van der Waals surface area contributed by atoms with Crippen LogP contribution in [0.1, 0.15) is 56.6 Å². The zero-order valence-corrected chi connectivity index (χ0v) is 17.5. The molecule has 3 rings (SSSR count). The average Bonchev–Trinajstić information content (AvgIpc) is 2.78. The van der Waals surface area contributed by atoms with Gasteiger partial charge in [-0.2, -0.15) is 0 Å². The van der Waals surface area contributed by atoms with Crippen molar-refractivity contribution in [1.29, 1.82) is 0 Å². The molecule has 164 valence electrons. The molecule has 30 heavy (non-hydrogen) atoms. The lowest BCUT2D eigenvalue weighted by atomic mass is 9.92. The lowest BCUT2D eigenvalue weighted by Crippen LogP contribution is -2.46. The standard InChI is InChI=1S/C23H33N3O4/c27-21(9-8-17-10-12-24-13-11-17)26-14-4-7-19(16-26)23(30)25-20(15-22(28)29)18-5-2-1-3-6-18/h1-3,5-6,17,19-20,24H,4,7-16H2,(H,25,30)(H,28,29)/t19?,20-/m0/s1. The Morgan fingerprint density at radius 1 is 1.13 bits per heavy atom. The molecule has 2 aliphatic rings. The summed E-state index contributed by atoms with van der Waals surface area (Å²) in [5.74, 6) is -0.664. The molecule has 0 radical (unpaired) electrons. The number of benzene rings is 1. The minimum Gasteiger partial charge on any atom is -0.481 e. The Labute approximate surface area is 178 Å². The van der Waals surface area contributed by atoms with E-state index in [2.05, 4.69) is 10.6 Å². The summed E-state index contributed by atoms with van der Waals surface area (Å²) in [6, 6.07) is 8.61. The maximum absolute atomic E-state index is 12.9. The minimum absolute atomic E-state index is 0.135. The van der Waals surface area contributed by atoms with Gasteiger partial charge in [-0.25, -0.2) is 0 Å². The fourth-order valence-corrected chi connectivity index (χ4v) is 4.48. The number of nitrogens with one attached hydrogen (secondary N) is 2. The Kier molecular flexibility index (Phi) is 8.25. The van der Waals surface area contributed by atoms with Crippen LogP contribution in [-0.4, -0.2) is 54.0 Å². The van der Waals surface area contributed by atoms with Crippen LogP contribution in [0.25, 0.3) is 0 Å². The number of hydrogen-bond acceptors (Lipinski definition) is 4. The van der Waals surface area contributed by atoms with Crippen LogP contribution in [0.2, 0.25) is 0 Å². The molecule has 7 nitrogen and oxygen atoms in total. The highest BCUT2D eigenvalue weighted by Crippen LogP contribution is 2.23. The van der Waals surface area contributed by atoms with Gasteiger partial charge < -0.3 is 20.6 Å². The number of amides is 2. The summed E-state index contributed by atoms with van der Waals surface area (Å²) in [6.45, 7) is 3.19. The molecule has 3 N–H and O–H groups in total. The van der Waals surface area contributed by atoms with E-state index in [4.69, 9.17) is 0 Å². The zero-order chi connectivity index (χ0) is 21.3. The first-order valence-electron chi connectivity index (χ1n) is 11.1. The summed E-state index contributed by atoms with van der Waals surface area (Å²) < 4.78 is 0. The van der Waals surface area contributed by atoms with Crippen LogP contribution in [-0.2, 0) is 14.4 Å². The van der Waals surface area contributed by atoms with E-state index in [0.29, 0.717) is 25.4 Å². The van der Waals surface area contributed by atoms with Crippen molar-refractivity contribution in [1.82, 2.24) is 15.5 Å². The maximum Gasteiger partial charge on any atom is 0.305 e. The molecule has 2 heterocycles. The third-order valence-corrected chi connectivity index (χ3v) is 6.27. The highest BCUT2D eigenvalue weighted by atomic mass is 16.4. The summed E-state index contributed by atoms with van der Waals surface area (Å²) in [4.78, 5) is 38.7. The van der Waals surface area contributed by atoms with E-state index >= 15 is 0 Å². The molecule has 2 saturated heterocycles. The van der Waals surface area contributed by atoms with Crippen LogP contribution in [0.4, 0.5) is 0 Å². The second-order valence-corrected chi connectivity index (χ2v) is 8.48. The van der Waals surface area contributed by atoms with Gasteiger partial charge in [0.2, 0.25) is 11.8 Å². The van der Waals surface area contributed by atoms with Crippen molar-refractivity contribution < 1.29 is 19.5 Å². The summed E-state index contributed by atoms with van der Waals surface area (Å²) in [5.41, 5.74) is 0.777. The van der Waals surface area contributed by atoms with Crippen LogP contribution in [0, 0.1) is 11.8 Å². The Morgan fingerprint density at radius 3 is 2.57 bits per heavy atom. The lowest BCUT2D eigenvalue weighted by molar-refractivity contribution is -0.138. The van der Waals surface area contributed by atoms with Crippen molar-refractivity contribution in [3.8, 4) is 0 Å². The van der Waals surface area contributed by atoms with Gasteiger partial charge in [0.25, 0.3) is 0 Å². The molecule has 2 fully saturated rings. The first kappa shape index (κ1) is 22.3. The zero-order valence-electron chi connectivity index (χ0n) is 17.5. The second-order valence-electron chi connectivity index (χ2n) is 8.48. The van der Waals surface area contributed by atoms with E-state index < -0.39 is 12.0 Å². The molecule has 0 bridgehead atoms. The summed E-state index contributed by atoms with van der Waals surface area (Å²) in [5, 5.41) is 15.5. The number of piperidine rings is 2. The first-order valence-corrected chi connectivity index (χ1v) is 11.1. The summed E-state index contributed by atoms with van der Waals surface area (Å²) in [6.07, 6.45) is 5.07. The molecular formula is C23H33N3O4. The predicted octanol–water partition coefficient (Wildman–Crippen LogP) is 2.34. The van der Waals surface area contributed by atoms with Crippen LogP contribution in [0.3, 0.4) is 0 Å². The quantitative estimate of drug-likeness (QED) is 0.605. The SMILES string of the molecule is O=C(O)C[C@H](NC(=O)C1CCCN(C(=O)CCC2CCNCC2)C1)c1ccccc1. The van der Waals surface area contributed by atoms with Crippen molar-refractivity contribution >= 4 is 17.8 Å². The minimum atomic E-state index is -0.956. The van der Waals surface area contributed by atoms with E-state index in [0.717, 1.165) is 50.8 Å². The van der Waals surface area contributed by atoms with Gasteiger partial charge in [0.1, 0.15) is 0 Å². The Hall–Kier alpha value is -2.41. The van der Waals surface area contributed by atoms with Gasteiger partial charge >= 0.3 is 5.97 Å².